The Bertz CT molecular complexity index is 473. The minimum absolute atomic E-state index is 0.0208. The van der Waals surface area contributed by atoms with E-state index < -0.39 is 11.9 Å². The molecule has 5 nitrogen and oxygen atoms in total. The quantitative estimate of drug-likeness (QED) is 0.681. The molecule has 1 rings (SSSR count). The Hall–Kier alpha value is -1.56. The van der Waals surface area contributed by atoms with Crippen LogP contribution in [0.1, 0.15) is 29.8 Å². The van der Waals surface area contributed by atoms with Crippen molar-refractivity contribution in [1.29, 1.82) is 0 Å². The molecule has 0 fully saturated rings. The summed E-state index contributed by atoms with van der Waals surface area (Å²) in [5, 5.41) is 0. The predicted molar refractivity (Wildman–Crippen MR) is 70.0 cm³/mol. The van der Waals surface area contributed by atoms with Crippen LogP contribution in [0, 0.1) is 0 Å². The normalized spacial score (nSPS) is 9.94. The molecule has 1 aromatic rings. The highest BCUT2D eigenvalue weighted by Crippen LogP contribution is 2.26. The number of carbonyl (C=O) groups excluding carboxylic acids is 2. The van der Waals surface area contributed by atoms with Crippen molar-refractivity contribution in [3.63, 3.8) is 0 Å². The minimum atomic E-state index is -0.442. The van der Waals surface area contributed by atoms with Crippen LogP contribution < -0.4 is 5.73 Å². The van der Waals surface area contributed by atoms with Crippen molar-refractivity contribution in [2.24, 2.45) is 0 Å². The van der Waals surface area contributed by atoms with Crippen molar-refractivity contribution in [3.8, 4) is 0 Å². The second-order valence-corrected chi connectivity index (χ2v) is 4.39. The number of nitrogens with two attached hydrogens (primary N) is 1. The highest BCUT2D eigenvalue weighted by atomic mass is 79.9. The maximum atomic E-state index is 11.6. The number of hydrogen-bond acceptors (Lipinski definition) is 5. The Labute approximate surface area is 113 Å². The van der Waals surface area contributed by atoms with Gasteiger partial charge in [-0.3, -0.25) is 4.79 Å². The maximum absolute atomic E-state index is 11.6. The first-order valence-electron chi connectivity index (χ1n) is 5.34. The number of hydrogen-bond donors (Lipinski definition) is 1. The summed E-state index contributed by atoms with van der Waals surface area (Å²) in [6, 6.07) is 3.13. The first-order valence-corrected chi connectivity index (χ1v) is 6.13. The number of carbonyl (C=O) groups is 2. The number of rotatable bonds is 4. The molecular weight excluding hydrogens is 302 g/mol. The molecule has 0 amide bonds. The van der Waals surface area contributed by atoms with Gasteiger partial charge in [-0.1, -0.05) is 0 Å². The van der Waals surface area contributed by atoms with Gasteiger partial charge >= 0.3 is 11.9 Å². The largest absolute Gasteiger partial charge is 0.462 e. The Kier molecular flexibility index (Phi) is 5.15. The molecule has 0 spiro atoms. The summed E-state index contributed by atoms with van der Waals surface area (Å²) in [4.78, 5) is 22.4. The molecule has 6 heteroatoms. The van der Waals surface area contributed by atoms with Gasteiger partial charge < -0.3 is 15.2 Å². The summed E-state index contributed by atoms with van der Waals surface area (Å²) in [7, 11) is 0. The van der Waals surface area contributed by atoms with E-state index in [4.69, 9.17) is 15.2 Å². The summed E-state index contributed by atoms with van der Waals surface area (Å²) in [5.74, 6) is -0.852. The van der Waals surface area contributed by atoms with E-state index in [1.807, 2.05) is 0 Å². The maximum Gasteiger partial charge on any atom is 0.338 e. The van der Waals surface area contributed by atoms with Gasteiger partial charge in [-0.05, 0) is 35.0 Å². The van der Waals surface area contributed by atoms with Crippen LogP contribution in [0.4, 0.5) is 5.69 Å². The second kappa shape index (κ2) is 6.39. The first-order chi connectivity index (χ1) is 8.45. The summed E-state index contributed by atoms with van der Waals surface area (Å²) in [6.07, 6.45) is 0. The van der Waals surface area contributed by atoms with Crippen LogP contribution in [0.5, 0.6) is 0 Å². The van der Waals surface area contributed by atoms with E-state index in [2.05, 4.69) is 15.9 Å². The highest BCUT2D eigenvalue weighted by Gasteiger charge is 2.13. The zero-order valence-corrected chi connectivity index (χ0v) is 11.7. The number of anilines is 1. The van der Waals surface area contributed by atoms with Crippen LogP contribution in [0.2, 0.25) is 0 Å². The Morgan fingerprint density at radius 2 is 2.00 bits per heavy atom. The lowest BCUT2D eigenvalue weighted by Gasteiger charge is -2.10. The van der Waals surface area contributed by atoms with Gasteiger partial charge in [-0.15, -0.1) is 0 Å². The summed E-state index contributed by atoms with van der Waals surface area (Å²) in [6.45, 7) is 3.34. The molecule has 0 saturated heterocycles. The SMILES string of the molecule is CCOC(=O)c1cc(Br)c(N)c(COC(C)=O)c1. The number of esters is 2. The van der Waals surface area contributed by atoms with Gasteiger partial charge in [0.05, 0.1) is 17.9 Å². The molecule has 2 N–H and O–H groups in total. The van der Waals surface area contributed by atoms with Crippen molar-refractivity contribution >= 4 is 33.6 Å². The van der Waals surface area contributed by atoms with Gasteiger partial charge in [-0.25, -0.2) is 4.79 Å². The molecule has 0 atom stereocenters. The molecule has 0 unspecified atom stereocenters. The fourth-order valence-corrected chi connectivity index (χ4v) is 1.81. The average Bonchev–Trinajstić information content (AvgIpc) is 2.31. The second-order valence-electron chi connectivity index (χ2n) is 3.53. The Balaban J connectivity index is 3.02. The molecule has 0 heterocycles. The zero-order chi connectivity index (χ0) is 13.7. The van der Waals surface area contributed by atoms with Crippen molar-refractivity contribution in [3.05, 3.63) is 27.7 Å². The number of halogens is 1. The van der Waals surface area contributed by atoms with Crippen LogP contribution >= 0.6 is 15.9 Å². The molecule has 98 valence electrons. The first kappa shape index (κ1) is 14.5. The van der Waals surface area contributed by atoms with Gasteiger partial charge in [0.1, 0.15) is 6.61 Å². The molecular formula is C12H14BrNO4. The van der Waals surface area contributed by atoms with Gasteiger partial charge in [0, 0.05) is 17.0 Å². The van der Waals surface area contributed by atoms with Crippen molar-refractivity contribution in [2.75, 3.05) is 12.3 Å². The molecule has 0 aliphatic heterocycles. The number of nitrogen functional groups attached to an aromatic ring is 1. The third-order valence-electron chi connectivity index (χ3n) is 2.16. The average molecular weight is 316 g/mol. The summed E-state index contributed by atoms with van der Waals surface area (Å²) in [5.41, 5.74) is 7.18. The predicted octanol–water partition coefficient (Wildman–Crippen LogP) is 2.27. The van der Waals surface area contributed by atoms with Crippen LogP contribution in [-0.4, -0.2) is 18.5 Å². The van der Waals surface area contributed by atoms with Gasteiger partial charge in [0.15, 0.2) is 0 Å². The molecule has 0 radical (unpaired) electrons. The molecule has 0 aliphatic carbocycles. The van der Waals surface area contributed by atoms with Crippen LogP contribution in [0.3, 0.4) is 0 Å². The molecule has 0 saturated carbocycles. The Morgan fingerprint density at radius 1 is 1.33 bits per heavy atom. The van der Waals surface area contributed by atoms with Gasteiger partial charge in [0.2, 0.25) is 0 Å². The fraction of sp³-hybridized carbons (Fsp3) is 0.333. The van der Waals surface area contributed by atoms with E-state index in [0.717, 1.165) is 0 Å². The third-order valence-corrected chi connectivity index (χ3v) is 2.81. The lowest BCUT2D eigenvalue weighted by Crippen LogP contribution is -2.08. The lowest BCUT2D eigenvalue weighted by atomic mass is 10.1. The third kappa shape index (κ3) is 3.73. The molecule has 0 bridgehead atoms. The monoisotopic (exact) mass is 315 g/mol. The van der Waals surface area contributed by atoms with Crippen LogP contribution in [0.25, 0.3) is 0 Å². The van der Waals surface area contributed by atoms with Crippen molar-refractivity contribution in [2.45, 2.75) is 20.5 Å². The zero-order valence-electron chi connectivity index (χ0n) is 10.2. The van der Waals surface area contributed by atoms with Crippen LogP contribution in [0.15, 0.2) is 16.6 Å². The fourth-order valence-electron chi connectivity index (χ4n) is 1.31. The highest BCUT2D eigenvalue weighted by molar-refractivity contribution is 9.10. The topological polar surface area (TPSA) is 78.6 Å². The number of benzene rings is 1. The minimum Gasteiger partial charge on any atom is -0.462 e. The van der Waals surface area contributed by atoms with E-state index in [-0.39, 0.29) is 6.61 Å². The van der Waals surface area contributed by atoms with Gasteiger partial charge in [0.25, 0.3) is 0 Å². The van der Waals surface area contributed by atoms with Gasteiger partial charge in [-0.2, -0.15) is 0 Å². The smallest absolute Gasteiger partial charge is 0.338 e. The van der Waals surface area contributed by atoms with E-state index in [1.165, 1.54) is 6.92 Å². The van der Waals surface area contributed by atoms with E-state index in [1.54, 1.807) is 19.1 Å². The molecule has 0 aliphatic rings. The summed E-state index contributed by atoms with van der Waals surface area (Å²) < 4.78 is 10.3. The van der Waals surface area contributed by atoms with Crippen molar-refractivity contribution < 1.29 is 19.1 Å². The van der Waals surface area contributed by atoms with E-state index in [0.29, 0.717) is 27.9 Å². The van der Waals surface area contributed by atoms with E-state index >= 15 is 0 Å². The standard InChI is InChI=1S/C12H14BrNO4/c1-3-17-12(16)8-4-9(6-18-7(2)15)11(14)10(13)5-8/h4-5H,3,6,14H2,1-2H3. The van der Waals surface area contributed by atoms with E-state index in [9.17, 15) is 9.59 Å². The molecule has 0 aromatic heterocycles. The van der Waals surface area contributed by atoms with Crippen molar-refractivity contribution in [1.82, 2.24) is 0 Å². The Morgan fingerprint density at radius 3 is 2.56 bits per heavy atom. The lowest BCUT2D eigenvalue weighted by molar-refractivity contribution is -0.142. The molecule has 1 aromatic carbocycles. The number of ether oxygens (including phenoxy) is 2. The van der Waals surface area contributed by atoms with Crippen LogP contribution in [-0.2, 0) is 20.9 Å². The molecule has 18 heavy (non-hydrogen) atoms. The summed E-state index contributed by atoms with van der Waals surface area (Å²) >= 11 is 3.25.